The maximum Gasteiger partial charge on any atom is 0.231 e. The van der Waals surface area contributed by atoms with Crippen LogP contribution in [0.25, 0.3) is 0 Å². The Labute approximate surface area is 128 Å². The summed E-state index contributed by atoms with van der Waals surface area (Å²) in [5.41, 5.74) is 0.571. The predicted octanol–water partition coefficient (Wildman–Crippen LogP) is 2.95. The highest BCUT2D eigenvalue weighted by Crippen LogP contribution is 2.26. The fourth-order valence-electron chi connectivity index (χ4n) is 2.16. The quantitative estimate of drug-likeness (QED) is 0.878. The van der Waals surface area contributed by atoms with Crippen molar-refractivity contribution in [3.05, 3.63) is 28.2 Å². The van der Waals surface area contributed by atoms with Crippen LogP contribution >= 0.6 is 23.2 Å². The molecule has 1 fully saturated rings. The van der Waals surface area contributed by atoms with Gasteiger partial charge in [0.2, 0.25) is 5.91 Å². The molecule has 1 aliphatic heterocycles. The van der Waals surface area contributed by atoms with Crippen molar-refractivity contribution < 1.29 is 9.53 Å². The lowest BCUT2D eigenvalue weighted by molar-refractivity contribution is -0.120. The Kier molecular flexibility index (Phi) is 5.66. The van der Waals surface area contributed by atoms with E-state index >= 15 is 0 Å². The molecule has 6 heteroatoms. The average molecular weight is 317 g/mol. The molecule has 0 radical (unpaired) electrons. The Hall–Kier alpha value is -0.810. The first kappa shape index (κ1) is 15.6. The lowest BCUT2D eigenvalue weighted by atomic mass is 10.0. The van der Waals surface area contributed by atoms with Gasteiger partial charge in [0.25, 0.3) is 0 Å². The van der Waals surface area contributed by atoms with Crippen molar-refractivity contribution in [2.75, 3.05) is 25.1 Å². The van der Waals surface area contributed by atoms with Gasteiger partial charge in [-0.05, 0) is 31.2 Å². The van der Waals surface area contributed by atoms with Gasteiger partial charge in [-0.2, -0.15) is 0 Å². The van der Waals surface area contributed by atoms with Crippen LogP contribution < -0.4 is 10.6 Å². The molecule has 2 rings (SSSR count). The van der Waals surface area contributed by atoms with Crippen LogP contribution in [-0.2, 0) is 9.53 Å². The van der Waals surface area contributed by atoms with Crippen molar-refractivity contribution in [2.45, 2.75) is 19.4 Å². The summed E-state index contributed by atoms with van der Waals surface area (Å²) in [5.74, 6) is -0.284. The molecule has 1 aliphatic rings. The third kappa shape index (κ3) is 3.85. The molecule has 2 atom stereocenters. The molecule has 0 bridgehead atoms. The lowest BCUT2D eigenvalue weighted by Crippen LogP contribution is -2.41. The molecular weight excluding hydrogens is 299 g/mol. The number of ether oxygens (including phenoxy) is 1. The summed E-state index contributed by atoms with van der Waals surface area (Å²) in [6.45, 7) is 3.95. The summed E-state index contributed by atoms with van der Waals surface area (Å²) < 4.78 is 5.40. The Morgan fingerprint density at radius 3 is 2.90 bits per heavy atom. The standard InChI is InChI=1S/C14H18Cl2N2O2/c1-2-5-17-13-8-20-7-10(13)14(19)18-12-4-3-9(15)6-11(12)16/h3-4,6,10,13,17H,2,5,7-8H2,1H3,(H,18,19). The van der Waals surface area contributed by atoms with Gasteiger partial charge in [0, 0.05) is 11.1 Å². The molecule has 110 valence electrons. The molecule has 0 aromatic heterocycles. The van der Waals surface area contributed by atoms with Crippen LogP contribution in [0, 0.1) is 5.92 Å². The molecule has 0 aliphatic carbocycles. The summed E-state index contributed by atoms with van der Waals surface area (Å²) in [7, 11) is 0. The van der Waals surface area contributed by atoms with Gasteiger partial charge >= 0.3 is 0 Å². The van der Waals surface area contributed by atoms with Gasteiger partial charge < -0.3 is 15.4 Å². The van der Waals surface area contributed by atoms with Crippen LogP contribution in [-0.4, -0.2) is 31.7 Å². The van der Waals surface area contributed by atoms with Crippen molar-refractivity contribution in [3.63, 3.8) is 0 Å². The zero-order valence-corrected chi connectivity index (χ0v) is 12.8. The lowest BCUT2D eigenvalue weighted by Gasteiger charge is -2.18. The molecule has 20 heavy (non-hydrogen) atoms. The van der Waals surface area contributed by atoms with E-state index in [4.69, 9.17) is 27.9 Å². The van der Waals surface area contributed by atoms with Crippen molar-refractivity contribution in [3.8, 4) is 0 Å². The maximum atomic E-state index is 12.3. The molecule has 1 aromatic carbocycles. The van der Waals surface area contributed by atoms with E-state index < -0.39 is 0 Å². The second-order valence-electron chi connectivity index (χ2n) is 4.82. The van der Waals surface area contributed by atoms with Crippen molar-refractivity contribution in [1.29, 1.82) is 0 Å². The molecule has 1 heterocycles. The van der Waals surface area contributed by atoms with Gasteiger partial charge in [0.1, 0.15) is 0 Å². The summed E-state index contributed by atoms with van der Waals surface area (Å²) in [4.78, 5) is 12.3. The van der Waals surface area contributed by atoms with Gasteiger partial charge in [-0.1, -0.05) is 30.1 Å². The minimum absolute atomic E-state index is 0.0565. The number of benzene rings is 1. The number of hydrogen-bond donors (Lipinski definition) is 2. The third-order valence-electron chi connectivity index (χ3n) is 3.26. The van der Waals surface area contributed by atoms with E-state index in [9.17, 15) is 4.79 Å². The van der Waals surface area contributed by atoms with Crippen LogP contribution in [0.4, 0.5) is 5.69 Å². The number of halogens is 2. The Balaban J connectivity index is 2.00. The van der Waals surface area contributed by atoms with Crippen LogP contribution in [0.1, 0.15) is 13.3 Å². The first-order valence-corrected chi connectivity index (χ1v) is 7.44. The summed E-state index contributed by atoms with van der Waals surface area (Å²) in [5, 5.41) is 7.14. The van der Waals surface area contributed by atoms with E-state index in [2.05, 4.69) is 17.6 Å². The van der Waals surface area contributed by atoms with Crippen LogP contribution in [0.2, 0.25) is 10.0 Å². The molecule has 1 saturated heterocycles. The van der Waals surface area contributed by atoms with E-state index in [1.165, 1.54) is 0 Å². The van der Waals surface area contributed by atoms with Gasteiger partial charge in [0.15, 0.2) is 0 Å². The van der Waals surface area contributed by atoms with Gasteiger partial charge in [-0.15, -0.1) is 0 Å². The van der Waals surface area contributed by atoms with Crippen LogP contribution in [0.3, 0.4) is 0 Å². The van der Waals surface area contributed by atoms with Crippen LogP contribution in [0.5, 0.6) is 0 Å². The second-order valence-corrected chi connectivity index (χ2v) is 5.66. The number of anilines is 1. The van der Waals surface area contributed by atoms with Crippen molar-refractivity contribution >= 4 is 34.8 Å². The minimum Gasteiger partial charge on any atom is -0.379 e. The Morgan fingerprint density at radius 1 is 1.40 bits per heavy atom. The van der Waals surface area contributed by atoms with Gasteiger partial charge in [-0.25, -0.2) is 0 Å². The highest BCUT2D eigenvalue weighted by atomic mass is 35.5. The molecule has 1 amide bonds. The van der Waals surface area contributed by atoms with E-state index in [0.29, 0.717) is 28.9 Å². The number of hydrogen-bond acceptors (Lipinski definition) is 3. The Bertz CT molecular complexity index is 482. The summed E-state index contributed by atoms with van der Waals surface area (Å²) in [6, 6.07) is 5.06. The number of nitrogens with one attached hydrogen (secondary N) is 2. The first-order valence-electron chi connectivity index (χ1n) is 6.69. The minimum atomic E-state index is -0.201. The van der Waals surface area contributed by atoms with E-state index in [-0.39, 0.29) is 17.9 Å². The fraction of sp³-hybridized carbons (Fsp3) is 0.500. The number of carbonyl (C=O) groups excluding carboxylic acids is 1. The second kappa shape index (κ2) is 7.27. The summed E-state index contributed by atoms with van der Waals surface area (Å²) in [6.07, 6.45) is 1.02. The molecule has 0 saturated carbocycles. The molecule has 2 N–H and O–H groups in total. The molecule has 4 nitrogen and oxygen atoms in total. The predicted molar refractivity (Wildman–Crippen MR) is 81.5 cm³/mol. The van der Waals surface area contributed by atoms with Crippen molar-refractivity contribution in [1.82, 2.24) is 5.32 Å². The number of amides is 1. The zero-order chi connectivity index (χ0) is 14.5. The Morgan fingerprint density at radius 2 is 2.20 bits per heavy atom. The van der Waals surface area contributed by atoms with Crippen LogP contribution in [0.15, 0.2) is 18.2 Å². The topological polar surface area (TPSA) is 50.4 Å². The van der Waals surface area contributed by atoms with E-state index in [0.717, 1.165) is 13.0 Å². The highest BCUT2D eigenvalue weighted by molar-refractivity contribution is 6.36. The maximum absolute atomic E-state index is 12.3. The first-order chi connectivity index (χ1) is 9.61. The molecule has 0 spiro atoms. The normalized spacial score (nSPS) is 21.9. The molecule has 2 unspecified atom stereocenters. The highest BCUT2D eigenvalue weighted by Gasteiger charge is 2.33. The third-order valence-corrected chi connectivity index (χ3v) is 3.81. The van der Waals surface area contributed by atoms with Gasteiger partial charge in [0.05, 0.1) is 29.8 Å². The average Bonchev–Trinajstić information content (AvgIpc) is 2.88. The van der Waals surface area contributed by atoms with Gasteiger partial charge in [-0.3, -0.25) is 4.79 Å². The smallest absolute Gasteiger partial charge is 0.231 e. The summed E-state index contributed by atoms with van der Waals surface area (Å²) >= 11 is 11.9. The zero-order valence-electron chi connectivity index (χ0n) is 11.3. The molecular formula is C14H18Cl2N2O2. The van der Waals surface area contributed by atoms with E-state index in [1.807, 2.05) is 0 Å². The SMILES string of the molecule is CCCNC1COCC1C(=O)Nc1ccc(Cl)cc1Cl. The monoisotopic (exact) mass is 316 g/mol. The number of carbonyl (C=O) groups is 1. The van der Waals surface area contributed by atoms with Crippen molar-refractivity contribution in [2.24, 2.45) is 5.92 Å². The largest absolute Gasteiger partial charge is 0.379 e. The fourth-order valence-corrected chi connectivity index (χ4v) is 2.62. The number of rotatable bonds is 5. The van der Waals surface area contributed by atoms with E-state index in [1.54, 1.807) is 18.2 Å². The molecule has 1 aromatic rings.